The van der Waals surface area contributed by atoms with Gasteiger partial charge < -0.3 is 16.0 Å². The number of nitrogens with one attached hydrogen (secondary N) is 1. The Morgan fingerprint density at radius 1 is 1.54 bits per heavy atom. The summed E-state index contributed by atoms with van der Waals surface area (Å²) < 4.78 is 0. The van der Waals surface area contributed by atoms with Crippen LogP contribution in [0.15, 0.2) is 0 Å². The Morgan fingerprint density at radius 3 is 2.62 bits per heavy atom. The van der Waals surface area contributed by atoms with Gasteiger partial charge in [0.25, 0.3) is 0 Å². The van der Waals surface area contributed by atoms with E-state index in [4.69, 9.17) is 5.73 Å². The van der Waals surface area contributed by atoms with Crippen molar-refractivity contribution in [2.75, 3.05) is 26.7 Å². The molecule has 0 rings (SSSR count). The maximum absolute atomic E-state index is 10.7. The standard InChI is InChI=1S/C9H21N3O/c1-8(2)12(3)6-4-5-11-9(13)7-10/h8H,4-7,10H2,1-3H3,(H,11,13). The molecule has 0 aromatic rings. The van der Waals surface area contributed by atoms with E-state index >= 15 is 0 Å². The summed E-state index contributed by atoms with van der Waals surface area (Å²) in [5, 5.41) is 2.74. The van der Waals surface area contributed by atoms with Crippen molar-refractivity contribution in [3.63, 3.8) is 0 Å². The maximum Gasteiger partial charge on any atom is 0.233 e. The monoisotopic (exact) mass is 187 g/mol. The van der Waals surface area contributed by atoms with Gasteiger partial charge in [0.2, 0.25) is 5.91 Å². The van der Waals surface area contributed by atoms with Gasteiger partial charge in [0, 0.05) is 12.6 Å². The molecular weight excluding hydrogens is 166 g/mol. The number of nitrogens with zero attached hydrogens (tertiary/aromatic N) is 1. The van der Waals surface area contributed by atoms with Gasteiger partial charge in [-0.1, -0.05) is 0 Å². The summed E-state index contributed by atoms with van der Waals surface area (Å²) in [5.41, 5.74) is 5.14. The minimum absolute atomic E-state index is 0.0767. The highest BCUT2D eigenvalue weighted by Crippen LogP contribution is 1.93. The third kappa shape index (κ3) is 6.54. The molecule has 4 nitrogen and oxygen atoms in total. The van der Waals surface area contributed by atoms with Crippen LogP contribution in [0.3, 0.4) is 0 Å². The van der Waals surface area contributed by atoms with Crippen LogP contribution >= 0.6 is 0 Å². The van der Waals surface area contributed by atoms with Crippen molar-refractivity contribution in [2.24, 2.45) is 5.73 Å². The second-order valence-electron chi connectivity index (χ2n) is 3.48. The van der Waals surface area contributed by atoms with Gasteiger partial charge in [0.05, 0.1) is 6.54 Å². The first-order chi connectivity index (χ1) is 6.07. The van der Waals surface area contributed by atoms with Gasteiger partial charge in [-0.05, 0) is 33.9 Å². The quantitative estimate of drug-likeness (QED) is 0.566. The van der Waals surface area contributed by atoms with E-state index in [1.54, 1.807) is 0 Å². The largest absolute Gasteiger partial charge is 0.355 e. The first-order valence-electron chi connectivity index (χ1n) is 4.75. The summed E-state index contributed by atoms with van der Waals surface area (Å²) >= 11 is 0. The lowest BCUT2D eigenvalue weighted by Crippen LogP contribution is -2.34. The summed E-state index contributed by atoms with van der Waals surface area (Å²) in [6.45, 7) is 6.10. The molecule has 0 fully saturated rings. The number of hydrogen-bond acceptors (Lipinski definition) is 3. The normalized spacial score (nSPS) is 10.9. The summed E-state index contributed by atoms with van der Waals surface area (Å²) in [4.78, 5) is 13.0. The Hall–Kier alpha value is -0.610. The molecule has 0 atom stereocenters. The molecule has 0 aromatic carbocycles. The highest BCUT2D eigenvalue weighted by molar-refractivity contribution is 5.77. The minimum Gasteiger partial charge on any atom is -0.355 e. The van der Waals surface area contributed by atoms with E-state index in [2.05, 4.69) is 31.1 Å². The Kier molecular flexibility index (Phi) is 6.54. The van der Waals surface area contributed by atoms with Crippen LogP contribution in [0.25, 0.3) is 0 Å². The number of rotatable bonds is 6. The fourth-order valence-corrected chi connectivity index (χ4v) is 0.887. The molecule has 4 heteroatoms. The van der Waals surface area contributed by atoms with Crippen LogP contribution in [0.4, 0.5) is 0 Å². The van der Waals surface area contributed by atoms with Crippen LogP contribution in [0, 0.1) is 0 Å². The first-order valence-corrected chi connectivity index (χ1v) is 4.75. The van der Waals surface area contributed by atoms with E-state index in [-0.39, 0.29) is 12.5 Å². The summed E-state index contributed by atoms with van der Waals surface area (Å²) in [6, 6.07) is 0.560. The van der Waals surface area contributed by atoms with Crippen molar-refractivity contribution in [1.29, 1.82) is 0 Å². The average molecular weight is 187 g/mol. The Morgan fingerprint density at radius 2 is 2.15 bits per heavy atom. The molecule has 0 aromatic heterocycles. The molecule has 0 aliphatic rings. The number of nitrogens with two attached hydrogens (primary N) is 1. The molecule has 0 saturated heterocycles. The van der Waals surface area contributed by atoms with Gasteiger partial charge in [0.1, 0.15) is 0 Å². The molecule has 0 radical (unpaired) electrons. The predicted molar refractivity (Wildman–Crippen MR) is 54.4 cm³/mol. The molecule has 3 N–H and O–H groups in total. The summed E-state index contributed by atoms with van der Waals surface area (Å²) in [7, 11) is 2.08. The predicted octanol–water partition coefficient (Wildman–Crippen LogP) is -0.208. The minimum atomic E-state index is -0.0767. The Bertz CT molecular complexity index is 148. The van der Waals surface area contributed by atoms with Gasteiger partial charge in [-0.2, -0.15) is 0 Å². The van der Waals surface area contributed by atoms with Crippen LogP contribution in [-0.2, 0) is 4.79 Å². The van der Waals surface area contributed by atoms with Gasteiger partial charge in [-0.3, -0.25) is 4.79 Å². The molecule has 0 spiro atoms. The van der Waals surface area contributed by atoms with Crippen molar-refractivity contribution < 1.29 is 4.79 Å². The molecule has 0 bridgehead atoms. The van der Waals surface area contributed by atoms with Crippen LogP contribution < -0.4 is 11.1 Å². The third-order valence-electron chi connectivity index (χ3n) is 2.08. The van der Waals surface area contributed by atoms with E-state index in [9.17, 15) is 4.79 Å². The second-order valence-corrected chi connectivity index (χ2v) is 3.48. The summed E-state index contributed by atoms with van der Waals surface area (Å²) in [5.74, 6) is -0.0767. The SMILES string of the molecule is CC(C)N(C)CCCNC(=O)CN. The zero-order chi connectivity index (χ0) is 10.3. The number of carbonyl (C=O) groups is 1. The van der Waals surface area contributed by atoms with Crippen molar-refractivity contribution in [3.8, 4) is 0 Å². The van der Waals surface area contributed by atoms with E-state index in [0.29, 0.717) is 12.6 Å². The van der Waals surface area contributed by atoms with Crippen molar-refractivity contribution in [2.45, 2.75) is 26.3 Å². The smallest absolute Gasteiger partial charge is 0.233 e. The molecular formula is C9H21N3O. The Balaban J connectivity index is 3.30. The van der Waals surface area contributed by atoms with E-state index in [1.807, 2.05) is 0 Å². The van der Waals surface area contributed by atoms with Crippen molar-refractivity contribution in [3.05, 3.63) is 0 Å². The number of carbonyl (C=O) groups excluding carboxylic acids is 1. The van der Waals surface area contributed by atoms with Gasteiger partial charge >= 0.3 is 0 Å². The highest BCUT2D eigenvalue weighted by Gasteiger charge is 2.02. The van der Waals surface area contributed by atoms with Crippen molar-refractivity contribution >= 4 is 5.91 Å². The first kappa shape index (κ1) is 12.4. The maximum atomic E-state index is 10.7. The topological polar surface area (TPSA) is 58.4 Å². The molecule has 0 heterocycles. The molecule has 78 valence electrons. The fourth-order valence-electron chi connectivity index (χ4n) is 0.887. The zero-order valence-corrected chi connectivity index (χ0v) is 8.84. The third-order valence-corrected chi connectivity index (χ3v) is 2.08. The van der Waals surface area contributed by atoms with E-state index < -0.39 is 0 Å². The van der Waals surface area contributed by atoms with Gasteiger partial charge in [0.15, 0.2) is 0 Å². The molecule has 0 saturated carbocycles. The van der Waals surface area contributed by atoms with Gasteiger partial charge in [-0.15, -0.1) is 0 Å². The lowest BCUT2D eigenvalue weighted by atomic mass is 10.3. The van der Waals surface area contributed by atoms with Crippen molar-refractivity contribution in [1.82, 2.24) is 10.2 Å². The van der Waals surface area contributed by atoms with Crippen LogP contribution in [0.1, 0.15) is 20.3 Å². The number of amides is 1. The van der Waals surface area contributed by atoms with Crippen LogP contribution in [0.5, 0.6) is 0 Å². The second kappa shape index (κ2) is 6.86. The number of hydrogen-bond donors (Lipinski definition) is 2. The van der Waals surface area contributed by atoms with E-state index in [0.717, 1.165) is 13.0 Å². The van der Waals surface area contributed by atoms with Crippen LogP contribution in [0.2, 0.25) is 0 Å². The molecule has 0 aliphatic carbocycles. The molecule has 1 amide bonds. The molecule has 13 heavy (non-hydrogen) atoms. The Labute approximate surface area is 80.5 Å². The lowest BCUT2D eigenvalue weighted by molar-refractivity contribution is -0.119. The molecule has 0 unspecified atom stereocenters. The summed E-state index contributed by atoms with van der Waals surface area (Å²) in [6.07, 6.45) is 0.973. The van der Waals surface area contributed by atoms with Crippen LogP contribution in [-0.4, -0.2) is 43.5 Å². The highest BCUT2D eigenvalue weighted by atomic mass is 16.1. The fraction of sp³-hybridized carbons (Fsp3) is 0.889. The lowest BCUT2D eigenvalue weighted by Gasteiger charge is -2.20. The van der Waals surface area contributed by atoms with E-state index in [1.165, 1.54) is 0 Å². The molecule has 0 aliphatic heterocycles. The van der Waals surface area contributed by atoms with Gasteiger partial charge in [-0.25, -0.2) is 0 Å². The average Bonchev–Trinajstić information content (AvgIpc) is 2.11. The zero-order valence-electron chi connectivity index (χ0n) is 8.84.